The first-order valence-electron chi connectivity index (χ1n) is 50.7. The van der Waals surface area contributed by atoms with Crippen molar-refractivity contribution in [1.29, 1.82) is 0 Å². The summed E-state index contributed by atoms with van der Waals surface area (Å²) in [4.78, 5) is 0. The Morgan fingerprint density at radius 2 is 0.432 bits per heavy atom. The fourth-order valence-corrected chi connectivity index (χ4v) is 29.2. The summed E-state index contributed by atoms with van der Waals surface area (Å²) in [5.74, 6) is 0. The van der Waals surface area contributed by atoms with E-state index in [2.05, 4.69) is 540 Å². The van der Waals surface area contributed by atoms with E-state index < -0.39 is 0 Å². The number of thiophene rings is 4. The molecule has 0 saturated carbocycles. The Kier molecular flexibility index (Phi) is 19.8. The molecule has 0 N–H and O–H groups in total. The second-order valence-electron chi connectivity index (χ2n) is 39.5. The number of rotatable bonds is 8. The van der Waals surface area contributed by atoms with Gasteiger partial charge in [0.2, 0.25) is 0 Å². The van der Waals surface area contributed by atoms with Crippen molar-refractivity contribution >= 4 is 246 Å². The van der Waals surface area contributed by atoms with E-state index in [-0.39, 0.29) is 5.41 Å². The number of nitrogens with zero attached hydrogens (tertiary/aromatic N) is 5. The van der Waals surface area contributed by atoms with Crippen LogP contribution in [-0.4, -0.2) is 22.8 Å². The zero-order chi connectivity index (χ0) is 97.5. The number of hydrogen-bond donors (Lipinski definition) is 0. The van der Waals surface area contributed by atoms with Gasteiger partial charge in [-0.25, -0.2) is 0 Å². The Labute approximate surface area is 868 Å². The van der Waals surface area contributed by atoms with E-state index in [1.165, 1.54) is 285 Å². The fraction of sp³-hybridized carbons (Fsp3) is 0.0216. The predicted octanol–water partition coefficient (Wildman–Crippen LogP) is 40.2. The van der Waals surface area contributed by atoms with Gasteiger partial charge in [-0.3, -0.25) is 0 Å². The van der Waals surface area contributed by atoms with Gasteiger partial charge in [0.15, 0.2) is 0 Å². The minimum absolute atomic E-state index is 0.0700. The van der Waals surface area contributed by atoms with E-state index in [1.807, 2.05) is 45.3 Å². The lowest BCUT2D eigenvalue weighted by Crippen LogP contribution is -2.17. The molecule has 0 saturated heterocycles. The molecule has 9 heterocycles. The summed E-state index contributed by atoms with van der Waals surface area (Å²) in [6.07, 6.45) is 0. The van der Waals surface area contributed by atoms with E-state index in [4.69, 9.17) is 0 Å². The van der Waals surface area contributed by atoms with Crippen LogP contribution < -0.4 is 0 Å². The lowest BCUT2D eigenvalue weighted by atomic mass is 9.81. The number of benzene rings is 23. The molecule has 148 heavy (non-hydrogen) atoms. The molecule has 694 valence electrons. The molecule has 0 spiro atoms. The van der Waals surface area contributed by atoms with Gasteiger partial charge in [0.05, 0.1) is 66.5 Å². The minimum Gasteiger partial charge on any atom is -0.309 e. The van der Waals surface area contributed by atoms with Crippen LogP contribution in [0.25, 0.3) is 273 Å². The molecular weight excluding hydrogens is 1870 g/mol. The first-order chi connectivity index (χ1) is 73.2. The summed E-state index contributed by atoms with van der Waals surface area (Å²) < 4.78 is 22.9. The topological polar surface area (TPSA) is 24.6 Å². The second kappa shape index (κ2) is 34.2. The predicted molar refractivity (Wildman–Crippen MR) is 640 cm³/mol. The lowest BCUT2D eigenvalue weighted by Gasteiger charge is -2.25. The zero-order valence-electron chi connectivity index (χ0n) is 80.8. The van der Waals surface area contributed by atoms with Crippen LogP contribution >= 0.6 is 45.3 Å². The Hall–Kier alpha value is -17.8. The number of fused-ring (bicyclic) bond motifs is 35. The molecule has 0 bridgehead atoms. The maximum absolute atomic E-state index is 2.52. The average molecular weight is 1960 g/mol. The summed E-state index contributed by atoms with van der Waals surface area (Å²) in [5.41, 5.74) is 31.3. The van der Waals surface area contributed by atoms with Gasteiger partial charge in [-0.05, 0) is 237 Å². The quantitative estimate of drug-likeness (QED) is 0.145. The molecule has 0 radical (unpaired) electrons. The SMILES string of the molecule is CC1(C)c2ccccc2-c2cccc(-n3c4ccccc4c4c5c(ccc43)sc3ccccc35)c21.c1ccc(-c2cc(-c3ccccc3)cc(-c3ccc(-n4c5ccccc5c5c6c(ccc54)sc4ccccc46)cc3)c2)cc1.c1ccc2c(-n3c4ccccc4c4c5c(ccc43)sc3ccccc35)cccc2c1.c1ccc2c(c1)sc1ccc3c(c4ccccc4n3-c3ccc(-n4c5ccccc5c5ccccc54)cc3)c12. The summed E-state index contributed by atoms with van der Waals surface area (Å²) in [6, 6.07) is 184. The van der Waals surface area contributed by atoms with Gasteiger partial charge in [0, 0.05) is 162 Å². The number of aromatic nitrogens is 5. The molecule has 0 amide bonds. The van der Waals surface area contributed by atoms with Crippen LogP contribution in [0.3, 0.4) is 0 Å². The molecule has 1 aliphatic rings. The van der Waals surface area contributed by atoms with Crippen molar-refractivity contribution in [3.05, 3.63) is 515 Å². The highest BCUT2D eigenvalue weighted by Crippen LogP contribution is 2.55. The lowest BCUT2D eigenvalue weighted by molar-refractivity contribution is 0.656. The number of para-hydroxylation sites is 6. The van der Waals surface area contributed by atoms with Crippen LogP contribution in [0.4, 0.5) is 0 Å². The van der Waals surface area contributed by atoms with E-state index in [1.54, 1.807) is 0 Å². The highest BCUT2D eigenvalue weighted by molar-refractivity contribution is 7.27. The van der Waals surface area contributed by atoms with E-state index in [0.717, 1.165) is 0 Å². The molecule has 33 rings (SSSR count). The van der Waals surface area contributed by atoms with Gasteiger partial charge in [0.25, 0.3) is 0 Å². The van der Waals surface area contributed by atoms with Crippen molar-refractivity contribution in [1.82, 2.24) is 22.8 Å². The average Bonchev–Trinajstić information content (AvgIpc) is 1.54. The summed E-state index contributed by atoms with van der Waals surface area (Å²) >= 11 is 7.54. The molecule has 0 unspecified atom stereocenters. The molecule has 9 aromatic heterocycles. The van der Waals surface area contributed by atoms with Crippen LogP contribution in [0.1, 0.15) is 25.0 Å². The normalized spacial score (nSPS) is 12.4. The van der Waals surface area contributed by atoms with Crippen molar-refractivity contribution in [2.45, 2.75) is 19.3 Å². The van der Waals surface area contributed by atoms with Gasteiger partial charge in [-0.15, -0.1) is 45.3 Å². The van der Waals surface area contributed by atoms with Crippen molar-refractivity contribution < 1.29 is 0 Å². The molecule has 1 aliphatic carbocycles. The molecule has 9 heteroatoms. The smallest absolute Gasteiger partial charge is 0.0548 e. The van der Waals surface area contributed by atoms with Gasteiger partial charge < -0.3 is 22.8 Å². The van der Waals surface area contributed by atoms with Crippen LogP contribution in [0.2, 0.25) is 0 Å². The van der Waals surface area contributed by atoms with Crippen LogP contribution in [0.15, 0.2) is 504 Å². The zero-order valence-corrected chi connectivity index (χ0v) is 84.1. The van der Waals surface area contributed by atoms with Crippen molar-refractivity contribution in [2.24, 2.45) is 0 Å². The molecule has 32 aromatic rings. The highest BCUT2D eigenvalue weighted by Gasteiger charge is 2.39. The van der Waals surface area contributed by atoms with Gasteiger partial charge in [0.1, 0.15) is 0 Å². The first-order valence-corrected chi connectivity index (χ1v) is 54.0. The standard InChI is InChI=1S/C42H27NS.C36H22N2S.C33H23NS.C28H17NS/c1-3-11-28(12-4-1)31-25-32(29-13-5-2-6-14-29)27-33(26-31)30-19-21-34(22-20-30)43-37-17-9-7-15-35(37)41-38(43)23-24-40-42(41)36-16-8-10-18-39(36)44-40;1-5-13-29-25(9-1)26-10-2-6-14-30(26)37(29)23-17-19-24(20-18-23)38-31-15-7-3-11-27(31)35-32(38)21-22-34-36(35)28-12-4-8-16-33(28)39-34;1-33(2)24-14-6-3-10-20(24)21-13-9-16-27(32(21)33)34-25-15-7-4-11-22(25)30-26(34)18-19-29-31(30)23-12-5-8-17-28(23)35-29;1-2-10-19-18(8-1)9-7-14-22(19)29-23-13-5-3-11-20(23)27-24(29)16-17-26-28(27)21-12-4-6-15-25(21)30-26/h1-27H;1-22H;3-19H,1-2H3;1-17H. The van der Waals surface area contributed by atoms with Crippen molar-refractivity contribution in [3.63, 3.8) is 0 Å². The maximum Gasteiger partial charge on any atom is 0.0548 e. The van der Waals surface area contributed by atoms with Crippen molar-refractivity contribution in [3.8, 4) is 72.9 Å². The third-order valence-electron chi connectivity index (χ3n) is 31.1. The minimum atomic E-state index is -0.0700. The molecule has 23 aromatic carbocycles. The van der Waals surface area contributed by atoms with E-state index in [9.17, 15) is 0 Å². The Bertz CT molecular complexity index is 10900. The van der Waals surface area contributed by atoms with Crippen LogP contribution in [-0.2, 0) is 5.41 Å². The Balaban J connectivity index is 0.0000000918. The highest BCUT2D eigenvalue weighted by atomic mass is 32.1. The molecule has 0 fully saturated rings. The third-order valence-corrected chi connectivity index (χ3v) is 35.6. The summed E-state index contributed by atoms with van der Waals surface area (Å²) in [6.45, 7) is 4.75. The monoisotopic (exact) mass is 1960 g/mol. The van der Waals surface area contributed by atoms with Crippen molar-refractivity contribution in [2.75, 3.05) is 0 Å². The Morgan fingerprint density at radius 3 is 0.838 bits per heavy atom. The molecule has 5 nitrogen and oxygen atoms in total. The van der Waals surface area contributed by atoms with Crippen LogP contribution in [0, 0.1) is 0 Å². The molecule has 0 atom stereocenters. The maximum atomic E-state index is 2.52. The first kappa shape index (κ1) is 85.8. The fourth-order valence-electron chi connectivity index (χ4n) is 24.7. The Morgan fingerprint density at radius 1 is 0.162 bits per heavy atom. The molecule has 0 aliphatic heterocycles. The van der Waals surface area contributed by atoms with E-state index >= 15 is 0 Å². The van der Waals surface area contributed by atoms with Gasteiger partial charge >= 0.3 is 0 Å². The largest absolute Gasteiger partial charge is 0.309 e. The second-order valence-corrected chi connectivity index (χ2v) is 43.8. The van der Waals surface area contributed by atoms with Gasteiger partial charge in [-0.2, -0.15) is 0 Å². The number of hydrogen-bond acceptors (Lipinski definition) is 4. The summed E-state index contributed by atoms with van der Waals surface area (Å²) in [5, 5.41) is 26.6. The summed E-state index contributed by atoms with van der Waals surface area (Å²) in [7, 11) is 0. The molecular formula is C139H89N5S4. The van der Waals surface area contributed by atoms with Gasteiger partial charge in [-0.1, -0.05) is 341 Å². The van der Waals surface area contributed by atoms with E-state index in [0.29, 0.717) is 0 Å². The van der Waals surface area contributed by atoms with Crippen LogP contribution in [0.5, 0.6) is 0 Å². The third kappa shape index (κ3) is 13.3.